The molecule has 1 aliphatic heterocycles. The lowest BCUT2D eigenvalue weighted by atomic mass is 10.00. The third kappa shape index (κ3) is 2.79. The number of hydrogen-bond donors (Lipinski definition) is 0. The molecule has 0 N–H and O–H groups in total. The minimum atomic E-state index is 0.115. The first-order chi connectivity index (χ1) is 14.8. The standard InChI is InChI=1S/C24H18N4OS/c29-20(28-12-11-15-5-1-2-6-17(15)13-28)14-30-24-25-22-18-9-3-7-16-8-4-10-19(21(16)18)23(22)26-27-24/h1-10H,11-14H2. The van der Waals surface area contributed by atoms with Crippen LogP contribution in [-0.2, 0) is 17.8 Å². The Morgan fingerprint density at radius 2 is 1.67 bits per heavy atom. The van der Waals surface area contributed by atoms with Crippen LogP contribution in [0.4, 0.5) is 0 Å². The highest BCUT2D eigenvalue weighted by Crippen LogP contribution is 2.44. The molecule has 0 saturated heterocycles. The van der Waals surface area contributed by atoms with E-state index in [9.17, 15) is 4.79 Å². The fourth-order valence-corrected chi connectivity index (χ4v) is 5.09. The molecule has 1 amide bonds. The van der Waals surface area contributed by atoms with E-state index in [1.807, 2.05) is 23.1 Å². The average molecular weight is 411 g/mol. The predicted molar refractivity (Wildman–Crippen MR) is 118 cm³/mol. The van der Waals surface area contributed by atoms with Crippen LogP contribution in [0.15, 0.2) is 65.8 Å². The molecule has 2 aliphatic rings. The number of nitrogens with zero attached hydrogens (tertiary/aromatic N) is 4. The Hall–Kier alpha value is -3.25. The van der Waals surface area contributed by atoms with Crippen LogP contribution in [0.5, 0.6) is 0 Å². The van der Waals surface area contributed by atoms with Gasteiger partial charge in [0.1, 0.15) is 11.4 Å². The molecular weight excluding hydrogens is 392 g/mol. The molecule has 0 saturated carbocycles. The molecule has 0 bridgehead atoms. The van der Waals surface area contributed by atoms with Gasteiger partial charge in [-0.2, -0.15) is 0 Å². The Balaban J connectivity index is 1.22. The summed E-state index contributed by atoms with van der Waals surface area (Å²) in [5.74, 6) is 0.434. The molecule has 3 aromatic carbocycles. The summed E-state index contributed by atoms with van der Waals surface area (Å²) in [7, 11) is 0. The first kappa shape index (κ1) is 17.6. The van der Waals surface area contributed by atoms with Crippen LogP contribution in [0.2, 0.25) is 0 Å². The van der Waals surface area contributed by atoms with Crippen LogP contribution in [0, 0.1) is 0 Å². The van der Waals surface area contributed by atoms with Gasteiger partial charge in [-0.3, -0.25) is 4.79 Å². The molecule has 0 atom stereocenters. The lowest BCUT2D eigenvalue weighted by molar-refractivity contribution is -0.129. The van der Waals surface area contributed by atoms with Crippen LogP contribution in [0.1, 0.15) is 11.1 Å². The molecule has 4 aromatic rings. The average Bonchev–Trinajstić information content (AvgIpc) is 3.12. The largest absolute Gasteiger partial charge is 0.337 e. The minimum Gasteiger partial charge on any atom is -0.337 e. The number of rotatable bonds is 3. The molecule has 0 spiro atoms. The third-order valence-corrected chi connectivity index (χ3v) is 6.71. The molecule has 5 nitrogen and oxygen atoms in total. The summed E-state index contributed by atoms with van der Waals surface area (Å²) in [6.45, 7) is 1.44. The van der Waals surface area contributed by atoms with E-state index in [2.05, 4.69) is 52.7 Å². The van der Waals surface area contributed by atoms with Crippen LogP contribution in [-0.4, -0.2) is 38.3 Å². The maximum Gasteiger partial charge on any atom is 0.233 e. The van der Waals surface area contributed by atoms with Gasteiger partial charge in [0, 0.05) is 29.6 Å². The van der Waals surface area contributed by atoms with Crippen LogP contribution in [0.3, 0.4) is 0 Å². The Kier molecular flexibility index (Phi) is 4.06. The summed E-state index contributed by atoms with van der Waals surface area (Å²) in [6, 6.07) is 20.8. The van der Waals surface area contributed by atoms with Gasteiger partial charge in [-0.05, 0) is 22.9 Å². The van der Waals surface area contributed by atoms with Crippen molar-refractivity contribution in [1.82, 2.24) is 20.1 Å². The zero-order valence-electron chi connectivity index (χ0n) is 16.2. The van der Waals surface area contributed by atoms with Gasteiger partial charge in [0.15, 0.2) is 0 Å². The number of hydrogen-bond acceptors (Lipinski definition) is 5. The number of aromatic nitrogens is 3. The van der Waals surface area contributed by atoms with Gasteiger partial charge in [0.2, 0.25) is 11.1 Å². The molecule has 1 aromatic heterocycles. The normalized spacial score (nSPS) is 13.9. The zero-order chi connectivity index (χ0) is 20.1. The lowest BCUT2D eigenvalue weighted by Gasteiger charge is -2.28. The number of thioether (sulfide) groups is 1. The molecular formula is C24H18N4OS. The fourth-order valence-electron chi connectivity index (χ4n) is 4.40. The van der Waals surface area contributed by atoms with Crippen molar-refractivity contribution in [2.24, 2.45) is 0 Å². The highest BCUT2D eigenvalue weighted by atomic mass is 32.2. The van der Waals surface area contributed by atoms with Crippen molar-refractivity contribution < 1.29 is 4.79 Å². The number of amides is 1. The Labute approximate surface area is 178 Å². The number of fused-ring (bicyclic) bond motifs is 4. The predicted octanol–water partition coefficient (Wildman–Crippen LogP) is 4.35. The van der Waals surface area contributed by atoms with Gasteiger partial charge in [-0.1, -0.05) is 72.4 Å². The summed E-state index contributed by atoms with van der Waals surface area (Å²) < 4.78 is 0. The van der Waals surface area contributed by atoms with Gasteiger partial charge in [0.25, 0.3) is 0 Å². The van der Waals surface area contributed by atoms with Gasteiger partial charge in [-0.25, -0.2) is 4.98 Å². The second-order valence-electron chi connectivity index (χ2n) is 7.62. The van der Waals surface area contributed by atoms with Crippen molar-refractivity contribution in [3.05, 3.63) is 71.8 Å². The van der Waals surface area contributed by atoms with Crippen molar-refractivity contribution >= 4 is 28.4 Å². The maximum absolute atomic E-state index is 12.8. The first-order valence-electron chi connectivity index (χ1n) is 10.0. The van der Waals surface area contributed by atoms with E-state index in [4.69, 9.17) is 4.98 Å². The molecule has 6 rings (SSSR count). The molecule has 0 unspecified atom stereocenters. The number of benzene rings is 3. The van der Waals surface area contributed by atoms with Gasteiger partial charge < -0.3 is 4.90 Å². The summed E-state index contributed by atoms with van der Waals surface area (Å²) in [4.78, 5) is 19.5. The van der Waals surface area contributed by atoms with E-state index < -0.39 is 0 Å². The highest BCUT2D eigenvalue weighted by molar-refractivity contribution is 7.99. The van der Waals surface area contributed by atoms with E-state index in [1.54, 1.807) is 0 Å². The van der Waals surface area contributed by atoms with Crippen molar-refractivity contribution in [2.75, 3.05) is 12.3 Å². The second-order valence-corrected chi connectivity index (χ2v) is 8.57. The molecule has 146 valence electrons. The van der Waals surface area contributed by atoms with Crippen molar-refractivity contribution in [3.8, 4) is 22.5 Å². The third-order valence-electron chi connectivity index (χ3n) is 5.89. The molecule has 0 fully saturated rings. The summed E-state index contributed by atoms with van der Waals surface area (Å²) in [5.41, 5.74) is 6.44. The quantitative estimate of drug-likeness (QED) is 0.414. The number of carbonyl (C=O) groups is 1. The van der Waals surface area contributed by atoms with Crippen LogP contribution < -0.4 is 0 Å². The minimum absolute atomic E-state index is 0.115. The zero-order valence-corrected chi connectivity index (χ0v) is 17.0. The first-order valence-corrected chi connectivity index (χ1v) is 11.0. The topological polar surface area (TPSA) is 59.0 Å². The van der Waals surface area contributed by atoms with E-state index in [0.29, 0.717) is 17.5 Å². The van der Waals surface area contributed by atoms with Gasteiger partial charge in [0.05, 0.1) is 5.75 Å². The van der Waals surface area contributed by atoms with Gasteiger partial charge in [-0.15, -0.1) is 10.2 Å². The highest BCUT2D eigenvalue weighted by Gasteiger charge is 2.25. The van der Waals surface area contributed by atoms with Gasteiger partial charge >= 0.3 is 0 Å². The van der Waals surface area contributed by atoms with Crippen LogP contribution in [0.25, 0.3) is 33.3 Å². The Morgan fingerprint density at radius 1 is 0.900 bits per heavy atom. The van der Waals surface area contributed by atoms with Crippen molar-refractivity contribution in [3.63, 3.8) is 0 Å². The van der Waals surface area contributed by atoms with E-state index in [-0.39, 0.29) is 5.91 Å². The lowest BCUT2D eigenvalue weighted by Crippen LogP contribution is -2.37. The molecule has 30 heavy (non-hydrogen) atoms. The van der Waals surface area contributed by atoms with E-state index in [1.165, 1.54) is 33.7 Å². The van der Waals surface area contributed by atoms with Crippen molar-refractivity contribution in [2.45, 2.75) is 18.1 Å². The molecule has 1 aliphatic carbocycles. The monoisotopic (exact) mass is 410 g/mol. The maximum atomic E-state index is 12.8. The molecule has 6 heteroatoms. The SMILES string of the molecule is O=C(CSc1nnc2c(n1)-c1cccc3cccc-2c13)N1CCc2ccccc2C1. The Bertz CT molecular complexity index is 1310. The molecule has 0 radical (unpaired) electrons. The Morgan fingerprint density at radius 3 is 2.50 bits per heavy atom. The van der Waals surface area contributed by atoms with Crippen molar-refractivity contribution in [1.29, 1.82) is 0 Å². The second kappa shape index (κ2) is 6.92. The number of carbonyl (C=O) groups excluding carboxylic acids is 1. The fraction of sp³-hybridized carbons (Fsp3) is 0.167. The summed E-state index contributed by atoms with van der Waals surface area (Å²) in [5, 5.41) is 11.7. The summed E-state index contributed by atoms with van der Waals surface area (Å²) >= 11 is 1.36. The smallest absolute Gasteiger partial charge is 0.233 e. The summed E-state index contributed by atoms with van der Waals surface area (Å²) in [6.07, 6.45) is 0.908. The molecule has 2 heterocycles. The van der Waals surface area contributed by atoms with E-state index in [0.717, 1.165) is 35.5 Å². The van der Waals surface area contributed by atoms with Crippen LogP contribution >= 0.6 is 11.8 Å². The van der Waals surface area contributed by atoms with E-state index >= 15 is 0 Å².